The zero-order valence-electron chi connectivity index (χ0n) is 14.4. The highest BCUT2D eigenvalue weighted by atomic mass is 32.2. The molecular formula is C16H21N3O5S. The highest BCUT2D eigenvalue weighted by Gasteiger charge is 2.31. The summed E-state index contributed by atoms with van der Waals surface area (Å²) in [5.41, 5.74) is 0.404. The van der Waals surface area contributed by atoms with Gasteiger partial charge >= 0.3 is 5.97 Å². The van der Waals surface area contributed by atoms with Crippen LogP contribution in [0, 0.1) is 0 Å². The van der Waals surface area contributed by atoms with E-state index in [1.54, 1.807) is 23.1 Å². The summed E-state index contributed by atoms with van der Waals surface area (Å²) in [5.74, 6) is -0.892. The van der Waals surface area contributed by atoms with Crippen LogP contribution >= 0.6 is 0 Å². The molecule has 2 rings (SSSR count). The van der Waals surface area contributed by atoms with E-state index in [4.69, 9.17) is 4.74 Å². The van der Waals surface area contributed by atoms with Crippen molar-refractivity contribution in [2.75, 3.05) is 19.7 Å². The smallest absolute Gasteiger partial charge is 0.331 e. The fourth-order valence-corrected chi connectivity index (χ4v) is 3.64. The molecule has 1 heterocycles. The van der Waals surface area contributed by atoms with Crippen molar-refractivity contribution in [2.24, 2.45) is 4.99 Å². The van der Waals surface area contributed by atoms with Gasteiger partial charge in [0.25, 0.3) is 15.9 Å². The highest BCUT2D eigenvalue weighted by Crippen LogP contribution is 2.22. The largest absolute Gasteiger partial charge is 0.454 e. The zero-order valence-corrected chi connectivity index (χ0v) is 15.2. The van der Waals surface area contributed by atoms with E-state index in [-0.39, 0.29) is 23.2 Å². The number of likely N-dealkylation sites (N-methyl/N-ethyl adjacent to an activating group) is 1. The van der Waals surface area contributed by atoms with Crippen LogP contribution in [0.15, 0.2) is 34.2 Å². The number of amidine groups is 1. The fourth-order valence-electron chi connectivity index (χ4n) is 2.40. The number of fused-ring (bicyclic) bond motifs is 1. The molecule has 0 unspecified atom stereocenters. The van der Waals surface area contributed by atoms with Crippen LogP contribution < -0.4 is 4.72 Å². The molecule has 0 fully saturated rings. The standard InChI is InChI=1S/C16H21N3O5S/c1-4-19(5-2)14(20)10-24-16(21)11(3)17-15-12-8-6-7-9-13(12)25(22,23)18-15/h6-9,11H,4-5,10H2,1-3H3,(H,17,18)/t11-/m0/s1. The maximum Gasteiger partial charge on any atom is 0.331 e. The average Bonchev–Trinajstić information content (AvgIpc) is 2.84. The summed E-state index contributed by atoms with van der Waals surface area (Å²) in [6, 6.07) is 5.41. The second-order valence-electron chi connectivity index (χ2n) is 5.43. The van der Waals surface area contributed by atoms with Crippen LogP contribution in [0.2, 0.25) is 0 Å². The Labute approximate surface area is 146 Å². The van der Waals surface area contributed by atoms with Crippen molar-refractivity contribution >= 4 is 27.7 Å². The molecule has 0 radical (unpaired) electrons. The molecule has 136 valence electrons. The van der Waals surface area contributed by atoms with Gasteiger partial charge in [-0.25, -0.2) is 13.2 Å². The molecule has 25 heavy (non-hydrogen) atoms. The minimum absolute atomic E-state index is 0.0927. The van der Waals surface area contributed by atoms with E-state index >= 15 is 0 Å². The normalized spacial score (nSPS) is 17.5. The molecule has 1 aromatic rings. The molecule has 0 aliphatic carbocycles. The predicted molar refractivity (Wildman–Crippen MR) is 91.6 cm³/mol. The summed E-state index contributed by atoms with van der Waals surface area (Å²) in [7, 11) is -3.66. The number of amides is 1. The second kappa shape index (κ2) is 7.64. The molecule has 0 saturated heterocycles. The molecular weight excluding hydrogens is 346 g/mol. The molecule has 0 saturated carbocycles. The Morgan fingerprint density at radius 1 is 1.24 bits per heavy atom. The van der Waals surface area contributed by atoms with Gasteiger partial charge < -0.3 is 9.64 Å². The number of esters is 1. The first kappa shape index (κ1) is 18.9. The number of carbonyl (C=O) groups is 2. The maximum atomic E-state index is 12.0. The molecule has 0 spiro atoms. The molecule has 1 N–H and O–H groups in total. The van der Waals surface area contributed by atoms with Crippen molar-refractivity contribution in [2.45, 2.75) is 31.7 Å². The van der Waals surface area contributed by atoms with Gasteiger partial charge in [-0.2, -0.15) is 0 Å². The van der Waals surface area contributed by atoms with Gasteiger partial charge in [0, 0.05) is 18.7 Å². The minimum Gasteiger partial charge on any atom is -0.454 e. The Morgan fingerprint density at radius 2 is 1.88 bits per heavy atom. The fraction of sp³-hybridized carbons (Fsp3) is 0.438. The van der Waals surface area contributed by atoms with E-state index < -0.39 is 22.0 Å². The zero-order chi connectivity index (χ0) is 18.6. The van der Waals surface area contributed by atoms with Crippen molar-refractivity contribution in [3.63, 3.8) is 0 Å². The highest BCUT2D eigenvalue weighted by molar-refractivity contribution is 7.90. The van der Waals surface area contributed by atoms with Crippen LogP contribution in [-0.4, -0.2) is 56.8 Å². The van der Waals surface area contributed by atoms with Crippen LogP contribution in [0.4, 0.5) is 0 Å². The summed E-state index contributed by atoms with van der Waals surface area (Å²) < 4.78 is 31.3. The first-order valence-electron chi connectivity index (χ1n) is 7.94. The van der Waals surface area contributed by atoms with Crippen LogP contribution in [0.1, 0.15) is 26.3 Å². The van der Waals surface area contributed by atoms with Crippen molar-refractivity contribution in [3.8, 4) is 0 Å². The first-order chi connectivity index (χ1) is 11.8. The lowest BCUT2D eigenvalue weighted by molar-refractivity contribution is -0.152. The van der Waals surface area contributed by atoms with Crippen LogP contribution in [-0.2, 0) is 24.3 Å². The summed E-state index contributed by atoms with van der Waals surface area (Å²) in [5, 5.41) is 0. The van der Waals surface area contributed by atoms with Gasteiger partial charge in [0.15, 0.2) is 6.61 Å². The van der Waals surface area contributed by atoms with E-state index in [1.165, 1.54) is 13.0 Å². The Kier molecular flexibility index (Phi) is 5.78. The van der Waals surface area contributed by atoms with E-state index in [0.717, 1.165) is 0 Å². The molecule has 8 nitrogen and oxygen atoms in total. The quantitative estimate of drug-likeness (QED) is 0.738. The molecule has 0 bridgehead atoms. The van der Waals surface area contributed by atoms with E-state index in [1.807, 2.05) is 13.8 Å². The number of ether oxygens (including phenoxy) is 1. The summed E-state index contributed by atoms with van der Waals surface area (Å²) in [4.78, 5) is 29.6. The number of benzene rings is 1. The first-order valence-corrected chi connectivity index (χ1v) is 9.42. The number of hydrogen-bond acceptors (Lipinski definition) is 6. The molecule has 1 amide bonds. The third-order valence-electron chi connectivity index (χ3n) is 3.78. The number of carbonyl (C=O) groups excluding carboxylic acids is 2. The van der Waals surface area contributed by atoms with E-state index in [2.05, 4.69) is 9.71 Å². The van der Waals surface area contributed by atoms with Gasteiger partial charge in [-0.05, 0) is 32.9 Å². The van der Waals surface area contributed by atoms with Crippen molar-refractivity contribution in [1.82, 2.24) is 9.62 Å². The van der Waals surface area contributed by atoms with Crippen LogP contribution in [0.5, 0.6) is 0 Å². The third-order valence-corrected chi connectivity index (χ3v) is 5.18. The molecule has 9 heteroatoms. The molecule has 0 aromatic heterocycles. The van der Waals surface area contributed by atoms with Crippen LogP contribution in [0.3, 0.4) is 0 Å². The number of hydrogen-bond donors (Lipinski definition) is 1. The predicted octanol–water partition coefficient (Wildman–Crippen LogP) is 0.525. The third kappa shape index (κ3) is 4.16. The van der Waals surface area contributed by atoms with Crippen molar-refractivity contribution < 1.29 is 22.7 Å². The monoisotopic (exact) mass is 367 g/mol. The Morgan fingerprint density at radius 3 is 2.52 bits per heavy atom. The summed E-state index contributed by atoms with van der Waals surface area (Å²) >= 11 is 0. The van der Waals surface area contributed by atoms with Gasteiger partial charge in [0.1, 0.15) is 11.9 Å². The number of nitrogens with one attached hydrogen (secondary N) is 1. The van der Waals surface area contributed by atoms with Gasteiger partial charge in [0.2, 0.25) is 0 Å². The summed E-state index contributed by atoms with van der Waals surface area (Å²) in [6.07, 6.45) is 0. The molecule has 1 aliphatic heterocycles. The SMILES string of the molecule is CCN(CC)C(=O)COC(=O)[C@H](C)N=C1NS(=O)(=O)c2ccccc21. The molecule has 1 atom stereocenters. The number of aliphatic imine (C=N–C) groups is 1. The van der Waals surface area contributed by atoms with Crippen LogP contribution in [0.25, 0.3) is 0 Å². The number of sulfonamides is 1. The number of rotatable bonds is 6. The Balaban J connectivity index is 2.07. The topological polar surface area (TPSA) is 105 Å². The lowest BCUT2D eigenvalue weighted by Gasteiger charge is -2.18. The van der Waals surface area contributed by atoms with E-state index in [0.29, 0.717) is 18.7 Å². The van der Waals surface area contributed by atoms with Crippen molar-refractivity contribution in [1.29, 1.82) is 0 Å². The van der Waals surface area contributed by atoms with Crippen molar-refractivity contribution in [3.05, 3.63) is 29.8 Å². The van der Waals surface area contributed by atoms with Gasteiger partial charge in [-0.15, -0.1) is 0 Å². The Hall–Kier alpha value is -2.42. The van der Waals surface area contributed by atoms with Gasteiger partial charge in [-0.3, -0.25) is 14.5 Å². The lowest BCUT2D eigenvalue weighted by atomic mass is 10.2. The number of nitrogens with zero attached hydrogens (tertiary/aromatic N) is 2. The second-order valence-corrected chi connectivity index (χ2v) is 7.08. The minimum atomic E-state index is -3.66. The van der Waals surface area contributed by atoms with Gasteiger partial charge in [0.05, 0.1) is 4.90 Å². The Bertz CT molecular complexity index is 800. The van der Waals surface area contributed by atoms with Gasteiger partial charge in [-0.1, -0.05) is 12.1 Å². The maximum absolute atomic E-state index is 12.0. The lowest BCUT2D eigenvalue weighted by Crippen LogP contribution is -2.35. The average molecular weight is 367 g/mol. The summed E-state index contributed by atoms with van der Waals surface area (Å²) in [6.45, 7) is 5.85. The van der Waals surface area contributed by atoms with E-state index in [9.17, 15) is 18.0 Å². The molecule has 1 aliphatic rings. The molecule has 1 aromatic carbocycles.